The van der Waals surface area contributed by atoms with E-state index in [4.69, 9.17) is 5.73 Å². The van der Waals surface area contributed by atoms with Gasteiger partial charge in [0.2, 0.25) is 0 Å². The largest absolute Gasteiger partial charge is 0.397 e. The molecule has 2 aromatic rings. The number of nitrogen functional groups attached to an aromatic ring is 1. The van der Waals surface area contributed by atoms with Crippen LogP contribution in [0.5, 0.6) is 0 Å². The number of fused-ring (bicyclic) bond motifs is 1. The molecule has 20 heavy (non-hydrogen) atoms. The standard InChI is InChI=1S/C16H17N3O/c1-10-7-12-5-3-4-6-15(12)19(10)16(20)14-8-13(17)9-18-11(14)2/h3-6,8-10H,7,17H2,1-2H3. The fourth-order valence-electron chi connectivity index (χ4n) is 2.77. The number of benzene rings is 1. The topological polar surface area (TPSA) is 59.2 Å². The highest BCUT2D eigenvalue weighted by molar-refractivity contribution is 6.08. The highest BCUT2D eigenvalue weighted by Crippen LogP contribution is 2.33. The molecule has 1 aromatic carbocycles. The van der Waals surface area contributed by atoms with Gasteiger partial charge in [-0.1, -0.05) is 18.2 Å². The van der Waals surface area contributed by atoms with Crippen LogP contribution in [-0.4, -0.2) is 16.9 Å². The molecule has 2 N–H and O–H groups in total. The molecule has 0 saturated heterocycles. The molecule has 4 nitrogen and oxygen atoms in total. The minimum atomic E-state index is -0.0280. The monoisotopic (exact) mass is 267 g/mol. The first-order chi connectivity index (χ1) is 9.58. The van der Waals surface area contributed by atoms with Crippen LogP contribution in [0.4, 0.5) is 11.4 Å². The van der Waals surface area contributed by atoms with Crippen molar-refractivity contribution in [1.29, 1.82) is 0 Å². The maximum Gasteiger partial charge on any atom is 0.260 e. The molecular weight excluding hydrogens is 250 g/mol. The summed E-state index contributed by atoms with van der Waals surface area (Å²) < 4.78 is 0. The number of hydrogen-bond donors (Lipinski definition) is 1. The predicted octanol–water partition coefficient (Wildman–Crippen LogP) is 2.56. The second-order valence-corrected chi connectivity index (χ2v) is 5.26. The van der Waals surface area contributed by atoms with Crippen molar-refractivity contribution in [1.82, 2.24) is 4.98 Å². The molecule has 1 aromatic heterocycles. The van der Waals surface area contributed by atoms with Crippen molar-refractivity contribution in [2.45, 2.75) is 26.3 Å². The van der Waals surface area contributed by atoms with E-state index in [1.807, 2.05) is 30.0 Å². The zero-order chi connectivity index (χ0) is 14.3. The molecule has 2 heterocycles. The number of nitrogens with zero attached hydrogens (tertiary/aromatic N) is 2. The number of pyridine rings is 1. The van der Waals surface area contributed by atoms with Gasteiger partial charge in [-0.3, -0.25) is 9.78 Å². The number of amides is 1. The van der Waals surface area contributed by atoms with Gasteiger partial charge in [-0.25, -0.2) is 0 Å². The van der Waals surface area contributed by atoms with E-state index in [9.17, 15) is 4.79 Å². The number of para-hydroxylation sites is 1. The Kier molecular flexibility index (Phi) is 2.93. The van der Waals surface area contributed by atoms with Crippen LogP contribution in [0.1, 0.15) is 28.5 Å². The normalized spacial score (nSPS) is 17.1. The summed E-state index contributed by atoms with van der Waals surface area (Å²) in [5, 5.41) is 0. The third kappa shape index (κ3) is 1.93. The number of carbonyl (C=O) groups excluding carboxylic acids is 1. The van der Waals surface area contributed by atoms with Crippen LogP contribution >= 0.6 is 0 Å². The van der Waals surface area contributed by atoms with Gasteiger partial charge in [-0.2, -0.15) is 0 Å². The van der Waals surface area contributed by atoms with Crippen molar-refractivity contribution in [2.75, 3.05) is 10.6 Å². The first kappa shape index (κ1) is 12.7. The molecule has 1 amide bonds. The van der Waals surface area contributed by atoms with Gasteiger partial charge >= 0.3 is 0 Å². The summed E-state index contributed by atoms with van der Waals surface area (Å²) in [5.41, 5.74) is 9.76. The van der Waals surface area contributed by atoms with Gasteiger partial charge in [0.15, 0.2) is 0 Å². The average molecular weight is 267 g/mol. The number of nitrogens with two attached hydrogens (primary N) is 1. The van der Waals surface area contributed by atoms with Crippen LogP contribution < -0.4 is 10.6 Å². The number of hydrogen-bond acceptors (Lipinski definition) is 3. The van der Waals surface area contributed by atoms with Crippen LogP contribution in [0.3, 0.4) is 0 Å². The zero-order valence-corrected chi connectivity index (χ0v) is 11.6. The minimum absolute atomic E-state index is 0.0280. The van der Waals surface area contributed by atoms with Crippen LogP contribution in [0, 0.1) is 6.92 Å². The van der Waals surface area contributed by atoms with E-state index in [-0.39, 0.29) is 11.9 Å². The van der Waals surface area contributed by atoms with Gasteiger partial charge in [0.05, 0.1) is 23.1 Å². The maximum atomic E-state index is 12.8. The van der Waals surface area contributed by atoms with Crippen molar-refractivity contribution in [2.24, 2.45) is 0 Å². The molecule has 3 rings (SSSR count). The summed E-state index contributed by atoms with van der Waals surface area (Å²) in [5.74, 6) is -0.0280. The molecule has 0 radical (unpaired) electrons. The van der Waals surface area contributed by atoms with E-state index < -0.39 is 0 Å². The zero-order valence-electron chi connectivity index (χ0n) is 11.6. The van der Waals surface area contributed by atoms with Gasteiger partial charge in [0, 0.05) is 11.7 Å². The maximum absolute atomic E-state index is 12.8. The lowest BCUT2D eigenvalue weighted by Crippen LogP contribution is -2.36. The molecule has 1 unspecified atom stereocenters. The van der Waals surface area contributed by atoms with Crippen molar-refractivity contribution >= 4 is 17.3 Å². The van der Waals surface area contributed by atoms with Crippen molar-refractivity contribution in [3.05, 3.63) is 53.3 Å². The summed E-state index contributed by atoms with van der Waals surface area (Å²) in [7, 11) is 0. The Morgan fingerprint density at radius 3 is 2.95 bits per heavy atom. The summed E-state index contributed by atoms with van der Waals surface area (Å²) in [6.07, 6.45) is 2.46. The molecule has 1 aliphatic rings. The van der Waals surface area contributed by atoms with Crippen molar-refractivity contribution in [3.8, 4) is 0 Å². The van der Waals surface area contributed by atoms with E-state index in [0.29, 0.717) is 16.9 Å². The Balaban J connectivity index is 2.05. The van der Waals surface area contributed by atoms with Gasteiger partial charge in [-0.15, -0.1) is 0 Å². The minimum Gasteiger partial charge on any atom is -0.397 e. The number of aromatic nitrogens is 1. The molecule has 1 atom stereocenters. The second-order valence-electron chi connectivity index (χ2n) is 5.26. The second kappa shape index (κ2) is 4.63. The summed E-state index contributed by atoms with van der Waals surface area (Å²) in [6, 6.07) is 9.89. The van der Waals surface area contributed by atoms with E-state index >= 15 is 0 Å². The van der Waals surface area contributed by atoms with Crippen molar-refractivity contribution in [3.63, 3.8) is 0 Å². The highest BCUT2D eigenvalue weighted by Gasteiger charge is 2.32. The Hall–Kier alpha value is -2.36. The third-order valence-electron chi connectivity index (χ3n) is 3.76. The molecular formula is C16H17N3O. The molecule has 0 fully saturated rings. The highest BCUT2D eigenvalue weighted by atomic mass is 16.2. The third-order valence-corrected chi connectivity index (χ3v) is 3.76. The van der Waals surface area contributed by atoms with E-state index in [1.165, 1.54) is 5.56 Å². The molecule has 0 saturated carbocycles. The van der Waals surface area contributed by atoms with Gasteiger partial charge in [-0.05, 0) is 38.0 Å². The average Bonchev–Trinajstić information content (AvgIpc) is 2.76. The fourth-order valence-corrected chi connectivity index (χ4v) is 2.77. The molecule has 0 bridgehead atoms. The lowest BCUT2D eigenvalue weighted by atomic mass is 10.1. The lowest BCUT2D eigenvalue weighted by Gasteiger charge is -2.23. The summed E-state index contributed by atoms with van der Waals surface area (Å²) >= 11 is 0. The van der Waals surface area contributed by atoms with Crippen molar-refractivity contribution < 1.29 is 4.79 Å². The van der Waals surface area contributed by atoms with Crippen LogP contribution in [0.2, 0.25) is 0 Å². The molecule has 0 aliphatic carbocycles. The number of anilines is 2. The van der Waals surface area contributed by atoms with Crippen LogP contribution in [-0.2, 0) is 6.42 Å². The quantitative estimate of drug-likeness (QED) is 0.863. The smallest absolute Gasteiger partial charge is 0.260 e. The molecule has 0 spiro atoms. The first-order valence-electron chi connectivity index (χ1n) is 6.71. The predicted molar refractivity (Wildman–Crippen MR) is 79.8 cm³/mol. The Bertz CT molecular complexity index is 681. The van der Waals surface area contributed by atoms with Crippen LogP contribution in [0.25, 0.3) is 0 Å². The number of carbonyl (C=O) groups is 1. The summed E-state index contributed by atoms with van der Waals surface area (Å²) in [4.78, 5) is 18.8. The Labute approximate surface area is 118 Å². The van der Waals surface area contributed by atoms with Gasteiger partial charge in [0.25, 0.3) is 5.91 Å². The first-order valence-corrected chi connectivity index (χ1v) is 6.71. The molecule has 102 valence electrons. The number of aryl methyl sites for hydroxylation is 1. The van der Waals surface area contributed by atoms with Gasteiger partial charge in [0.1, 0.15) is 0 Å². The Morgan fingerprint density at radius 2 is 2.15 bits per heavy atom. The van der Waals surface area contributed by atoms with E-state index in [0.717, 1.165) is 12.1 Å². The molecule has 1 aliphatic heterocycles. The number of rotatable bonds is 1. The van der Waals surface area contributed by atoms with Gasteiger partial charge < -0.3 is 10.6 Å². The lowest BCUT2D eigenvalue weighted by molar-refractivity contribution is 0.0980. The van der Waals surface area contributed by atoms with E-state index in [2.05, 4.69) is 18.0 Å². The SMILES string of the molecule is Cc1ncc(N)cc1C(=O)N1c2ccccc2CC1C. The molecule has 4 heteroatoms. The summed E-state index contributed by atoms with van der Waals surface area (Å²) in [6.45, 7) is 3.90. The van der Waals surface area contributed by atoms with E-state index in [1.54, 1.807) is 12.3 Å². The van der Waals surface area contributed by atoms with Crippen LogP contribution in [0.15, 0.2) is 36.5 Å². The fraction of sp³-hybridized carbons (Fsp3) is 0.250. The Morgan fingerprint density at radius 1 is 1.40 bits per heavy atom.